The maximum absolute atomic E-state index is 12.0. The number of amides is 1. The number of hydrogen-bond acceptors (Lipinski definition) is 4. The van der Waals surface area contributed by atoms with Crippen molar-refractivity contribution < 1.29 is 23.1 Å². The minimum atomic E-state index is -3.83. The molecule has 110 valence electrons. The van der Waals surface area contributed by atoms with Gasteiger partial charge in [0.2, 0.25) is 5.91 Å². The zero-order valence-electron chi connectivity index (χ0n) is 10.5. The summed E-state index contributed by atoms with van der Waals surface area (Å²) in [5.74, 6) is -1.98. The average Bonchev–Trinajstić information content (AvgIpc) is 2.35. The lowest BCUT2D eigenvalue weighted by Gasteiger charge is -2.27. The monoisotopic (exact) mass is 293 g/mol. The van der Waals surface area contributed by atoms with Crippen LogP contribution in [0.4, 0.5) is 0 Å². The molecule has 4 N–H and O–H groups in total. The number of carboxylic acid groups (broad SMARTS) is 1. The average molecular weight is 293 g/mol. The maximum atomic E-state index is 12.0. The molecule has 1 fully saturated rings. The van der Waals surface area contributed by atoms with Gasteiger partial charge in [-0.15, -0.1) is 0 Å². The molecule has 0 aromatic carbocycles. The van der Waals surface area contributed by atoms with Crippen molar-refractivity contribution in [3.8, 4) is 0 Å². The molecule has 1 rings (SSSR count). The molecule has 0 aromatic rings. The minimum Gasteiger partial charge on any atom is -0.480 e. The van der Waals surface area contributed by atoms with Gasteiger partial charge < -0.3 is 10.8 Å². The molecule has 0 aliphatic carbocycles. The summed E-state index contributed by atoms with van der Waals surface area (Å²) in [7, 11) is -3.83. The predicted octanol–water partition coefficient (Wildman–Crippen LogP) is -0.975. The fourth-order valence-corrected chi connectivity index (χ4v) is 3.35. The van der Waals surface area contributed by atoms with E-state index in [1.165, 1.54) is 4.31 Å². The van der Waals surface area contributed by atoms with E-state index in [0.29, 0.717) is 13.1 Å². The standard InChI is InChI=1S/C10H19N3O5S/c11-9(14)5-4-8(10(15)16)12-19(17,18)13-6-2-1-3-7-13/h8,12H,1-7H2,(H2,11,14)(H,15,16). The van der Waals surface area contributed by atoms with E-state index in [1.807, 2.05) is 0 Å². The second kappa shape index (κ2) is 6.83. The smallest absolute Gasteiger partial charge is 0.321 e. The molecule has 19 heavy (non-hydrogen) atoms. The Balaban J connectivity index is 2.65. The van der Waals surface area contributed by atoms with E-state index in [4.69, 9.17) is 10.8 Å². The van der Waals surface area contributed by atoms with Gasteiger partial charge in [0, 0.05) is 19.5 Å². The van der Waals surface area contributed by atoms with Crippen molar-refractivity contribution in [3.05, 3.63) is 0 Å². The van der Waals surface area contributed by atoms with Gasteiger partial charge in [-0.2, -0.15) is 17.4 Å². The number of hydrogen-bond donors (Lipinski definition) is 3. The van der Waals surface area contributed by atoms with Crippen molar-refractivity contribution in [2.45, 2.75) is 38.1 Å². The van der Waals surface area contributed by atoms with E-state index >= 15 is 0 Å². The summed E-state index contributed by atoms with van der Waals surface area (Å²) in [5.41, 5.74) is 4.93. The van der Waals surface area contributed by atoms with Gasteiger partial charge in [-0.3, -0.25) is 9.59 Å². The number of rotatable bonds is 7. The zero-order valence-corrected chi connectivity index (χ0v) is 11.4. The van der Waals surface area contributed by atoms with Crippen LogP contribution >= 0.6 is 0 Å². The first-order chi connectivity index (χ1) is 8.83. The van der Waals surface area contributed by atoms with Crippen molar-refractivity contribution in [1.82, 2.24) is 9.03 Å². The third-order valence-electron chi connectivity index (χ3n) is 2.92. The summed E-state index contributed by atoms with van der Waals surface area (Å²) in [6.45, 7) is 0.773. The Bertz CT molecular complexity index is 430. The van der Waals surface area contributed by atoms with Crippen molar-refractivity contribution in [2.75, 3.05) is 13.1 Å². The molecular weight excluding hydrogens is 274 g/mol. The first-order valence-electron chi connectivity index (χ1n) is 6.11. The third kappa shape index (κ3) is 5.13. The highest BCUT2D eigenvalue weighted by atomic mass is 32.2. The second-order valence-corrected chi connectivity index (χ2v) is 6.18. The molecule has 1 saturated heterocycles. The molecule has 0 bridgehead atoms. The van der Waals surface area contributed by atoms with Gasteiger partial charge in [-0.25, -0.2) is 0 Å². The Morgan fingerprint density at radius 2 is 1.84 bits per heavy atom. The lowest BCUT2D eigenvalue weighted by Crippen LogP contribution is -2.49. The summed E-state index contributed by atoms with van der Waals surface area (Å²) in [6, 6.07) is -1.33. The van der Waals surface area contributed by atoms with Crippen molar-refractivity contribution >= 4 is 22.1 Å². The number of nitrogens with zero attached hydrogens (tertiary/aromatic N) is 1. The normalized spacial score (nSPS) is 18.9. The van der Waals surface area contributed by atoms with Gasteiger partial charge >= 0.3 is 5.97 Å². The lowest BCUT2D eigenvalue weighted by molar-refractivity contribution is -0.139. The lowest BCUT2D eigenvalue weighted by atomic mass is 10.2. The van der Waals surface area contributed by atoms with Crippen LogP contribution in [0.15, 0.2) is 0 Å². The molecule has 8 nitrogen and oxygen atoms in total. The number of carbonyl (C=O) groups excluding carboxylic acids is 1. The van der Waals surface area contributed by atoms with E-state index in [0.717, 1.165) is 19.3 Å². The highest BCUT2D eigenvalue weighted by Crippen LogP contribution is 2.13. The van der Waals surface area contributed by atoms with E-state index in [-0.39, 0.29) is 12.8 Å². The highest BCUT2D eigenvalue weighted by molar-refractivity contribution is 7.87. The molecular formula is C10H19N3O5S. The molecule has 0 aromatic heterocycles. The van der Waals surface area contributed by atoms with E-state index in [2.05, 4.69) is 4.72 Å². The summed E-state index contributed by atoms with van der Waals surface area (Å²) >= 11 is 0. The molecule has 1 aliphatic rings. The largest absolute Gasteiger partial charge is 0.480 e. The van der Waals surface area contributed by atoms with Crippen LogP contribution in [-0.4, -0.2) is 48.8 Å². The third-order valence-corrected chi connectivity index (χ3v) is 4.55. The van der Waals surface area contributed by atoms with E-state index < -0.39 is 28.1 Å². The van der Waals surface area contributed by atoms with E-state index in [1.54, 1.807) is 0 Å². The number of piperidine rings is 1. The van der Waals surface area contributed by atoms with Gasteiger partial charge in [0.15, 0.2) is 0 Å². The highest BCUT2D eigenvalue weighted by Gasteiger charge is 2.29. The SMILES string of the molecule is NC(=O)CCC(NS(=O)(=O)N1CCCCC1)C(=O)O. The summed E-state index contributed by atoms with van der Waals surface area (Å²) in [4.78, 5) is 21.6. The van der Waals surface area contributed by atoms with Crippen molar-refractivity contribution in [2.24, 2.45) is 5.73 Å². The first-order valence-corrected chi connectivity index (χ1v) is 7.55. The Kier molecular flexibility index (Phi) is 5.70. The predicted molar refractivity (Wildman–Crippen MR) is 67.3 cm³/mol. The quantitative estimate of drug-likeness (QED) is 0.556. The summed E-state index contributed by atoms with van der Waals surface area (Å²) in [5, 5.41) is 8.95. The van der Waals surface area contributed by atoms with Crippen LogP contribution < -0.4 is 10.5 Å². The number of aliphatic carboxylic acids is 1. The van der Waals surface area contributed by atoms with Gasteiger partial charge in [-0.05, 0) is 19.3 Å². The van der Waals surface area contributed by atoms with Crippen molar-refractivity contribution in [3.63, 3.8) is 0 Å². The molecule has 1 heterocycles. The molecule has 0 saturated carbocycles. The summed E-state index contributed by atoms with van der Waals surface area (Å²) in [6.07, 6.45) is 2.16. The van der Waals surface area contributed by atoms with Crippen LogP contribution in [-0.2, 0) is 19.8 Å². The Hall–Kier alpha value is -1.19. The zero-order chi connectivity index (χ0) is 14.5. The number of nitrogens with two attached hydrogens (primary N) is 1. The van der Waals surface area contributed by atoms with Crippen molar-refractivity contribution in [1.29, 1.82) is 0 Å². The number of carbonyl (C=O) groups is 2. The molecule has 0 spiro atoms. The van der Waals surface area contributed by atoms with Gasteiger partial charge in [0.05, 0.1) is 0 Å². The summed E-state index contributed by atoms with van der Waals surface area (Å²) < 4.78 is 27.3. The molecule has 9 heteroatoms. The molecule has 1 atom stereocenters. The maximum Gasteiger partial charge on any atom is 0.321 e. The Labute approximate surface area is 112 Å². The molecule has 0 radical (unpaired) electrons. The van der Waals surface area contributed by atoms with E-state index in [9.17, 15) is 18.0 Å². The topological polar surface area (TPSA) is 130 Å². The number of nitrogens with one attached hydrogen (secondary N) is 1. The van der Waals surface area contributed by atoms with Gasteiger partial charge in [0.25, 0.3) is 10.2 Å². The van der Waals surface area contributed by atoms with Crippen LogP contribution in [0, 0.1) is 0 Å². The molecule has 1 amide bonds. The van der Waals surface area contributed by atoms with Crippen LogP contribution in [0.2, 0.25) is 0 Å². The number of carboxylic acids is 1. The second-order valence-electron chi connectivity index (χ2n) is 4.48. The van der Waals surface area contributed by atoms with Crippen LogP contribution in [0.1, 0.15) is 32.1 Å². The minimum absolute atomic E-state index is 0.155. The van der Waals surface area contributed by atoms with Crippen LogP contribution in [0.25, 0.3) is 0 Å². The first kappa shape index (κ1) is 15.9. The Morgan fingerprint density at radius 1 is 1.26 bits per heavy atom. The van der Waals surface area contributed by atoms with Crippen LogP contribution in [0.3, 0.4) is 0 Å². The molecule has 1 aliphatic heterocycles. The Morgan fingerprint density at radius 3 is 2.32 bits per heavy atom. The molecule has 1 unspecified atom stereocenters. The van der Waals surface area contributed by atoms with Gasteiger partial charge in [0.1, 0.15) is 6.04 Å². The number of primary amides is 1. The fourth-order valence-electron chi connectivity index (χ4n) is 1.88. The van der Waals surface area contributed by atoms with Crippen LogP contribution in [0.5, 0.6) is 0 Å². The fraction of sp³-hybridized carbons (Fsp3) is 0.800. The van der Waals surface area contributed by atoms with Gasteiger partial charge in [-0.1, -0.05) is 6.42 Å².